The van der Waals surface area contributed by atoms with Crippen LogP contribution >= 0.6 is 0 Å². The van der Waals surface area contributed by atoms with Crippen LogP contribution in [0.4, 0.5) is 4.39 Å². The van der Waals surface area contributed by atoms with Gasteiger partial charge in [-0.25, -0.2) is 4.39 Å². The Labute approximate surface area is 95.1 Å². The Morgan fingerprint density at radius 3 is 2.44 bits per heavy atom. The van der Waals surface area contributed by atoms with Crippen molar-refractivity contribution in [2.75, 3.05) is 7.11 Å². The molecule has 1 aromatic rings. The van der Waals surface area contributed by atoms with E-state index in [1.54, 1.807) is 19.2 Å². The highest BCUT2D eigenvalue weighted by atomic mass is 19.1. The maximum atomic E-state index is 12.7. The highest BCUT2D eigenvalue weighted by Crippen LogP contribution is 2.41. The third-order valence-corrected chi connectivity index (χ3v) is 3.52. The molecule has 1 fully saturated rings. The second kappa shape index (κ2) is 4.52. The summed E-state index contributed by atoms with van der Waals surface area (Å²) in [5.74, 6) is -0.277. The van der Waals surface area contributed by atoms with Crippen molar-refractivity contribution in [3.63, 3.8) is 0 Å². The van der Waals surface area contributed by atoms with Crippen LogP contribution in [0.2, 0.25) is 0 Å². The van der Waals surface area contributed by atoms with E-state index in [-0.39, 0.29) is 11.4 Å². The Morgan fingerprint density at radius 1 is 1.38 bits per heavy atom. The molecule has 1 aromatic carbocycles. The van der Waals surface area contributed by atoms with E-state index < -0.39 is 6.10 Å². The minimum absolute atomic E-state index is 0.159. The van der Waals surface area contributed by atoms with Crippen molar-refractivity contribution in [3.05, 3.63) is 35.6 Å². The quantitative estimate of drug-likeness (QED) is 0.852. The van der Waals surface area contributed by atoms with Crippen LogP contribution in [0.15, 0.2) is 24.3 Å². The Hall–Kier alpha value is -0.930. The topological polar surface area (TPSA) is 29.5 Å². The number of hydrogen-bond acceptors (Lipinski definition) is 2. The van der Waals surface area contributed by atoms with E-state index in [2.05, 4.69) is 0 Å². The first-order chi connectivity index (χ1) is 7.65. The van der Waals surface area contributed by atoms with E-state index in [0.29, 0.717) is 6.42 Å². The zero-order valence-electron chi connectivity index (χ0n) is 9.45. The minimum Gasteiger partial charge on any atom is -0.388 e. The zero-order valence-corrected chi connectivity index (χ0v) is 9.45. The van der Waals surface area contributed by atoms with E-state index in [1.165, 1.54) is 12.1 Å². The third kappa shape index (κ3) is 2.25. The Kier molecular flexibility index (Phi) is 3.26. The SMILES string of the molecule is COC1(CC(O)c2ccc(F)cc2)CCC1. The van der Waals surface area contributed by atoms with Crippen LogP contribution in [0, 0.1) is 5.82 Å². The number of rotatable bonds is 4. The van der Waals surface area contributed by atoms with Gasteiger partial charge in [0, 0.05) is 13.5 Å². The number of aliphatic hydroxyl groups is 1. The average molecular weight is 224 g/mol. The predicted molar refractivity (Wildman–Crippen MR) is 59.6 cm³/mol. The molecule has 0 spiro atoms. The summed E-state index contributed by atoms with van der Waals surface area (Å²) < 4.78 is 18.2. The van der Waals surface area contributed by atoms with Gasteiger partial charge in [0.1, 0.15) is 5.82 Å². The maximum absolute atomic E-state index is 12.7. The highest BCUT2D eigenvalue weighted by Gasteiger charge is 2.38. The molecule has 16 heavy (non-hydrogen) atoms. The molecule has 1 N–H and O–H groups in total. The van der Waals surface area contributed by atoms with Crippen molar-refractivity contribution >= 4 is 0 Å². The van der Waals surface area contributed by atoms with E-state index >= 15 is 0 Å². The Morgan fingerprint density at radius 2 is 2.00 bits per heavy atom. The summed E-state index contributed by atoms with van der Waals surface area (Å²) >= 11 is 0. The molecule has 0 saturated heterocycles. The van der Waals surface area contributed by atoms with Gasteiger partial charge < -0.3 is 9.84 Å². The lowest BCUT2D eigenvalue weighted by Gasteiger charge is -2.41. The fourth-order valence-electron chi connectivity index (χ4n) is 2.22. The van der Waals surface area contributed by atoms with E-state index in [9.17, 15) is 9.50 Å². The maximum Gasteiger partial charge on any atom is 0.123 e. The normalized spacial score (nSPS) is 20.2. The monoisotopic (exact) mass is 224 g/mol. The second-order valence-electron chi connectivity index (χ2n) is 4.51. The molecule has 1 saturated carbocycles. The lowest BCUT2D eigenvalue weighted by atomic mass is 9.75. The van der Waals surface area contributed by atoms with Gasteiger partial charge >= 0.3 is 0 Å². The van der Waals surface area contributed by atoms with Gasteiger partial charge in [0.25, 0.3) is 0 Å². The lowest BCUT2D eigenvalue weighted by Crippen LogP contribution is -2.40. The van der Waals surface area contributed by atoms with Crippen molar-refractivity contribution < 1.29 is 14.2 Å². The van der Waals surface area contributed by atoms with Crippen molar-refractivity contribution in [2.24, 2.45) is 0 Å². The molecule has 0 radical (unpaired) electrons. The largest absolute Gasteiger partial charge is 0.388 e. The molecule has 0 heterocycles. The Balaban J connectivity index is 2.02. The first kappa shape index (κ1) is 11.6. The van der Waals surface area contributed by atoms with Gasteiger partial charge in [-0.2, -0.15) is 0 Å². The molecule has 3 heteroatoms. The third-order valence-electron chi connectivity index (χ3n) is 3.52. The number of benzene rings is 1. The molecular formula is C13H17FO2. The molecule has 1 unspecified atom stereocenters. The van der Waals surface area contributed by atoms with Crippen molar-refractivity contribution in [2.45, 2.75) is 37.4 Å². The Bertz CT molecular complexity index is 338. The number of hydrogen-bond donors (Lipinski definition) is 1. The molecule has 2 nitrogen and oxygen atoms in total. The fourth-order valence-corrected chi connectivity index (χ4v) is 2.22. The van der Waals surface area contributed by atoms with Gasteiger partial charge in [0.15, 0.2) is 0 Å². The summed E-state index contributed by atoms with van der Waals surface area (Å²) in [5.41, 5.74) is 0.595. The van der Waals surface area contributed by atoms with E-state index in [1.807, 2.05) is 0 Å². The standard InChI is InChI=1S/C13H17FO2/c1-16-13(7-2-8-13)9-12(15)10-3-5-11(14)6-4-10/h3-6,12,15H,2,7-9H2,1H3. The first-order valence-electron chi connectivity index (χ1n) is 5.64. The van der Waals surface area contributed by atoms with Crippen molar-refractivity contribution in [1.29, 1.82) is 0 Å². The molecule has 0 bridgehead atoms. The highest BCUT2D eigenvalue weighted by molar-refractivity contribution is 5.19. The molecule has 1 aliphatic carbocycles. The van der Waals surface area contributed by atoms with Gasteiger partial charge in [0.2, 0.25) is 0 Å². The van der Waals surface area contributed by atoms with Crippen LogP contribution in [-0.4, -0.2) is 17.8 Å². The van der Waals surface area contributed by atoms with Crippen LogP contribution in [0.5, 0.6) is 0 Å². The molecular weight excluding hydrogens is 207 g/mol. The van der Waals surface area contributed by atoms with Crippen molar-refractivity contribution in [3.8, 4) is 0 Å². The molecule has 1 atom stereocenters. The summed E-state index contributed by atoms with van der Waals surface area (Å²) in [6.07, 6.45) is 3.18. The predicted octanol–water partition coefficient (Wildman–Crippen LogP) is 2.82. The van der Waals surface area contributed by atoms with Gasteiger partial charge in [-0.15, -0.1) is 0 Å². The molecule has 0 aliphatic heterocycles. The van der Waals surface area contributed by atoms with Crippen LogP contribution in [0.1, 0.15) is 37.4 Å². The number of methoxy groups -OCH3 is 1. The molecule has 2 rings (SSSR count). The van der Waals surface area contributed by atoms with Gasteiger partial charge in [-0.3, -0.25) is 0 Å². The number of aliphatic hydroxyl groups excluding tert-OH is 1. The summed E-state index contributed by atoms with van der Waals surface area (Å²) in [6, 6.07) is 6.00. The average Bonchev–Trinajstić information content (AvgIpc) is 2.24. The van der Waals surface area contributed by atoms with E-state index in [4.69, 9.17) is 4.74 Å². The summed E-state index contributed by atoms with van der Waals surface area (Å²) in [7, 11) is 1.69. The second-order valence-corrected chi connectivity index (χ2v) is 4.51. The van der Waals surface area contributed by atoms with Crippen LogP contribution in [0.3, 0.4) is 0 Å². The van der Waals surface area contributed by atoms with E-state index in [0.717, 1.165) is 24.8 Å². The van der Waals surface area contributed by atoms with Gasteiger partial charge in [-0.05, 0) is 37.0 Å². The van der Waals surface area contributed by atoms with Crippen LogP contribution < -0.4 is 0 Å². The van der Waals surface area contributed by atoms with Gasteiger partial charge in [-0.1, -0.05) is 12.1 Å². The molecule has 0 amide bonds. The molecule has 0 aromatic heterocycles. The van der Waals surface area contributed by atoms with Crippen molar-refractivity contribution in [1.82, 2.24) is 0 Å². The summed E-state index contributed by atoms with van der Waals surface area (Å²) in [5, 5.41) is 10.0. The minimum atomic E-state index is -0.569. The number of ether oxygens (including phenoxy) is 1. The fraction of sp³-hybridized carbons (Fsp3) is 0.538. The van der Waals surface area contributed by atoms with Crippen LogP contribution in [-0.2, 0) is 4.74 Å². The summed E-state index contributed by atoms with van der Waals surface area (Å²) in [4.78, 5) is 0. The molecule has 88 valence electrons. The van der Waals surface area contributed by atoms with Gasteiger partial charge in [0.05, 0.1) is 11.7 Å². The summed E-state index contributed by atoms with van der Waals surface area (Å²) in [6.45, 7) is 0. The zero-order chi connectivity index (χ0) is 11.6. The first-order valence-corrected chi connectivity index (χ1v) is 5.64. The molecule has 1 aliphatic rings. The number of halogens is 1. The lowest BCUT2D eigenvalue weighted by molar-refractivity contribution is -0.0999. The smallest absolute Gasteiger partial charge is 0.123 e. The van der Waals surface area contributed by atoms with Crippen LogP contribution in [0.25, 0.3) is 0 Å².